The number of hydrogen-bond acceptors (Lipinski definition) is 2. The second-order valence-corrected chi connectivity index (χ2v) is 9.42. The fourth-order valence-electron chi connectivity index (χ4n) is 2.72. The highest BCUT2D eigenvalue weighted by atomic mass is 32.1. The van der Waals surface area contributed by atoms with Crippen LogP contribution in [0.5, 0.6) is 0 Å². The third-order valence-electron chi connectivity index (χ3n) is 5.31. The van der Waals surface area contributed by atoms with Crippen LogP contribution in [0, 0.1) is 0 Å². The molecule has 0 spiro atoms. The first-order valence-electron chi connectivity index (χ1n) is 10.6. The van der Waals surface area contributed by atoms with Crippen LogP contribution >= 0.6 is 12.2 Å². The van der Waals surface area contributed by atoms with Gasteiger partial charge >= 0.3 is 47.6 Å². The van der Waals surface area contributed by atoms with Gasteiger partial charge in [-0.2, -0.15) is 74.6 Å². The molecule has 0 aliphatic rings. The summed E-state index contributed by atoms with van der Waals surface area (Å²) in [5.41, 5.74) is 0. The van der Waals surface area contributed by atoms with E-state index in [1.165, 1.54) is 0 Å². The van der Waals surface area contributed by atoms with E-state index in [9.17, 15) is 74.6 Å². The summed E-state index contributed by atoms with van der Waals surface area (Å²) in [7, 11) is 3.62. The van der Waals surface area contributed by atoms with Gasteiger partial charge in [0.2, 0.25) is 0 Å². The van der Waals surface area contributed by atoms with Crippen LogP contribution in [-0.2, 0) is 4.74 Å². The lowest BCUT2D eigenvalue weighted by atomic mass is 9.88. The number of rotatable bonds is 16. The zero-order valence-corrected chi connectivity index (χ0v) is 21.5. The summed E-state index contributed by atoms with van der Waals surface area (Å²) in [4.78, 5) is 0. The van der Waals surface area contributed by atoms with Crippen molar-refractivity contribution in [2.75, 3.05) is 47.1 Å². The quantitative estimate of drug-likeness (QED) is 0.0524. The van der Waals surface area contributed by atoms with Gasteiger partial charge in [-0.05, 0) is 18.3 Å². The predicted octanol–water partition coefficient (Wildman–Crippen LogP) is 6.09. The van der Waals surface area contributed by atoms with E-state index in [2.05, 4.69) is 21.9 Å². The fourth-order valence-corrected chi connectivity index (χ4v) is 2.88. The highest BCUT2D eigenvalue weighted by Crippen LogP contribution is 2.64. The molecule has 0 heterocycles. The standard InChI is InChI=1S/C19H22F17N3OS/c1-4-7-39(2,3)8-6-37-11(41)38-10-40-9-5-12(20,21)13(22,23)14(24,25)15(26,27)16(28,29)17(30,31)18(32,33)19(34,35)36/h4H,1,5-10H2,2-3H3,(H-,37,38,41)/p+1. The van der Waals surface area contributed by atoms with Crippen molar-refractivity contribution in [2.45, 2.75) is 54.1 Å². The third kappa shape index (κ3) is 7.57. The molecule has 0 aliphatic carbocycles. The molecule has 0 aromatic rings. The summed E-state index contributed by atoms with van der Waals surface area (Å²) in [6, 6.07) is 0. The molecule has 0 amide bonds. The Morgan fingerprint density at radius 1 is 0.707 bits per heavy atom. The van der Waals surface area contributed by atoms with Crippen LogP contribution in [0.25, 0.3) is 0 Å². The van der Waals surface area contributed by atoms with Crippen molar-refractivity contribution >= 4 is 17.3 Å². The molecule has 0 fully saturated rings. The molecular formula is C19H23F17N3OS+. The largest absolute Gasteiger partial charge is 0.460 e. The maximum Gasteiger partial charge on any atom is 0.460 e. The Labute approximate surface area is 226 Å². The number of ether oxygens (including phenoxy) is 1. The number of halogens is 17. The highest BCUT2D eigenvalue weighted by molar-refractivity contribution is 7.80. The lowest BCUT2D eigenvalue weighted by molar-refractivity contribution is -0.883. The van der Waals surface area contributed by atoms with E-state index in [4.69, 9.17) is 12.2 Å². The van der Waals surface area contributed by atoms with Crippen molar-refractivity contribution in [1.29, 1.82) is 0 Å². The zero-order valence-electron chi connectivity index (χ0n) is 20.7. The Morgan fingerprint density at radius 3 is 1.54 bits per heavy atom. The molecule has 2 N–H and O–H groups in total. The minimum absolute atomic E-state index is 0.203. The molecule has 0 atom stereocenters. The number of thiocarbonyl (C=S) groups is 1. The number of nitrogens with zero attached hydrogens (tertiary/aromatic N) is 1. The van der Waals surface area contributed by atoms with Crippen LogP contribution in [0.1, 0.15) is 6.42 Å². The topological polar surface area (TPSA) is 33.3 Å². The van der Waals surface area contributed by atoms with Crippen molar-refractivity contribution in [3.05, 3.63) is 12.7 Å². The van der Waals surface area contributed by atoms with E-state index in [0.29, 0.717) is 17.6 Å². The summed E-state index contributed by atoms with van der Waals surface area (Å²) < 4.78 is 230. The number of alkyl halides is 17. The molecule has 41 heavy (non-hydrogen) atoms. The van der Waals surface area contributed by atoms with Gasteiger partial charge in [0.1, 0.15) is 6.73 Å². The molecular weight excluding hydrogens is 641 g/mol. The summed E-state index contributed by atoms with van der Waals surface area (Å²) in [6.45, 7) is 2.16. The van der Waals surface area contributed by atoms with Crippen molar-refractivity contribution in [3.8, 4) is 0 Å². The molecule has 0 rings (SSSR count). The Hall–Kier alpha value is -1.84. The molecule has 0 radical (unpaired) electrons. The average Bonchev–Trinajstić information content (AvgIpc) is 2.76. The first-order valence-corrected chi connectivity index (χ1v) is 11.1. The average molecular weight is 664 g/mol. The number of hydrogen-bond donors (Lipinski definition) is 2. The molecule has 0 unspecified atom stereocenters. The Balaban J connectivity index is 5.51. The van der Waals surface area contributed by atoms with E-state index in [0.717, 1.165) is 0 Å². The smallest absolute Gasteiger partial charge is 0.361 e. The van der Waals surface area contributed by atoms with Crippen molar-refractivity contribution in [3.63, 3.8) is 0 Å². The minimum Gasteiger partial charge on any atom is -0.361 e. The molecule has 244 valence electrons. The molecule has 4 nitrogen and oxygen atoms in total. The minimum atomic E-state index is -8.65. The van der Waals surface area contributed by atoms with Gasteiger partial charge in [-0.3, -0.25) is 0 Å². The van der Waals surface area contributed by atoms with Gasteiger partial charge in [0.25, 0.3) is 0 Å². The van der Waals surface area contributed by atoms with Crippen LogP contribution in [-0.4, -0.2) is 104 Å². The molecule has 0 aliphatic heterocycles. The number of nitrogens with one attached hydrogen (secondary N) is 2. The Kier molecular flexibility index (Phi) is 11.9. The molecule has 22 heteroatoms. The fraction of sp³-hybridized carbons (Fsp3) is 0.842. The summed E-state index contributed by atoms with van der Waals surface area (Å²) in [6.07, 6.45) is -8.85. The molecule has 0 aromatic heterocycles. The summed E-state index contributed by atoms with van der Waals surface area (Å²) in [5, 5.41) is 4.56. The van der Waals surface area contributed by atoms with Crippen molar-refractivity contribution in [2.24, 2.45) is 0 Å². The van der Waals surface area contributed by atoms with Gasteiger partial charge in [0.15, 0.2) is 5.11 Å². The third-order valence-corrected chi connectivity index (χ3v) is 5.60. The van der Waals surface area contributed by atoms with E-state index >= 15 is 0 Å². The monoisotopic (exact) mass is 664 g/mol. The first kappa shape index (κ1) is 39.2. The summed E-state index contributed by atoms with van der Waals surface area (Å²) in [5.74, 6) is -56.5. The second kappa shape index (κ2) is 12.4. The maximum atomic E-state index is 13.8. The zero-order chi connectivity index (χ0) is 33.1. The Morgan fingerprint density at radius 2 is 1.12 bits per heavy atom. The van der Waals surface area contributed by atoms with Gasteiger partial charge in [0, 0.05) is 6.42 Å². The number of quaternary nitrogens is 1. The van der Waals surface area contributed by atoms with Crippen LogP contribution < -0.4 is 10.6 Å². The molecule has 0 aromatic carbocycles. The van der Waals surface area contributed by atoms with E-state index < -0.39 is 67.4 Å². The lowest BCUT2D eigenvalue weighted by Gasteiger charge is -2.42. The van der Waals surface area contributed by atoms with Crippen LogP contribution in [0.3, 0.4) is 0 Å². The molecule has 0 saturated heterocycles. The van der Waals surface area contributed by atoms with Crippen molar-refractivity contribution < 1.29 is 83.9 Å². The van der Waals surface area contributed by atoms with Crippen LogP contribution in [0.2, 0.25) is 0 Å². The van der Waals surface area contributed by atoms with Crippen molar-refractivity contribution in [1.82, 2.24) is 10.6 Å². The maximum absolute atomic E-state index is 13.8. The van der Waals surface area contributed by atoms with Crippen LogP contribution in [0.4, 0.5) is 74.6 Å². The van der Waals surface area contributed by atoms with E-state index in [1.807, 2.05) is 14.1 Å². The van der Waals surface area contributed by atoms with Gasteiger partial charge in [-0.25, -0.2) is 0 Å². The highest BCUT2D eigenvalue weighted by Gasteiger charge is 2.95. The predicted molar refractivity (Wildman–Crippen MR) is 112 cm³/mol. The van der Waals surface area contributed by atoms with Gasteiger partial charge in [-0.15, -0.1) is 0 Å². The molecule has 0 bridgehead atoms. The SMILES string of the molecule is C=CC[N+](C)(C)CCNC(=S)NCOCCC(F)(F)C(F)(F)C(F)(F)C(F)(F)C(F)(F)C(F)(F)C(F)(F)C(F)(F)F. The second-order valence-electron chi connectivity index (χ2n) is 9.01. The lowest BCUT2D eigenvalue weighted by Crippen LogP contribution is -2.74. The Bertz CT molecular complexity index is 906. The number of likely N-dealkylation sites (N-methyl/N-ethyl adjacent to an activating group) is 1. The van der Waals surface area contributed by atoms with E-state index in [1.54, 1.807) is 6.08 Å². The molecule has 0 saturated carbocycles. The normalized spacial score (nSPS) is 15.1. The first-order chi connectivity index (χ1) is 17.9. The van der Waals surface area contributed by atoms with Crippen LogP contribution in [0.15, 0.2) is 12.7 Å². The van der Waals surface area contributed by atoms with Gasteiger partial charge in [-0.1, -0.05) is 6.58 Å². The van der Waals surface area contributed by atoms with Gasteiger partial charge in [0.05, 0.1) is 40.3 Å². The summed E-state index contributed by atoms with van der Waals surface area (Å²) >= 11 is 4.76. The van der Waals surface area contributed by atoms with Gasteiger partial charge < -0.3 is 19.9 Å². The van der Waals surface area contributed by atoms with E-state index in [-0.39, 0.29) is 11.7 Å².